The van der Waals surface area contributed by atoms with Crippen LogP contribution in [0.3, 0.4) is 0 Å². The van der Waals surface area contributed by atoms with Crippen molar-refractivity contribution in [3.8, 4) is 0 Å². The number of likely N-dealkylation sites (tertiary alicyclic amines) is 1. The van der Waals surface area contributed by atoms with Crippen LogP contribution in [0.25, 0.3) is 0 Å². The van der Waals surface area contributed by atoms with Crippen molar-refractivity contribution >= 4 is 5.71 Å². The van der Waals surface area contributed by atoms with Crippen molar-refractivity contribution in [2.45, 2.75) is 26.2 Å². The number of aryl methyl sites for hydroxylation is 1. The third kappa shape index (κ3) is 3.84. The minimum absolute atomic E-state index is 0.689. The van der Waals surface area contributed by atoms with E-state index >= 15 is 0 Å². The number of hydrogen-bond acceptors (Lipinski definition) is 4. The van der Waals surface area contributed by atoms with Crippen LogP contribution in [-0.4, -0.2) is 46.6 Å². The summed E-state index contributed by atoms with van der Waals surface area (Å²) in [6, 6.07) is 0. The van der Waals surface area contributed by atoms with E-state index in [1.54, 1.807) is 10.9 Å². The van der Waals surface area contributed by atoms with Crippen LogP contribution in [-0.2, 0) is 11.9 Å². The van der Waals surface area contributed by atoms with E-state index in [-0.39, 0.29) is 0 Å². The molecule has 0 spiro atoms. The molecule has 0 N–H and O–H groups in total. The summed E-state index contributed by atoms with van der Waals surface area (Å²) in [5.74, 6) is 0. The lowest BCUT2D eigenvalue weighted by Crippen LogP contribution is -2.21. The van der Waals surface area contributed by atoms with Gasteiger partial charge >= 0.3 is 0 Å². The van der Waals surface area contributed by atoms with Gasteiger partial charge in [0.2, 0.25) is 0 Å². The van der Waals surface area contributed by atoms with Crippen LogP contribution in [0.2, 0.25) is 0 Å². The van der Waals surface area contributed by atoms with Gasteiger partial charge in [-0.15, -0.1) is 0 Å². The quantitative estimate of drug-likeness (QED) is 0.438. The Morgan fingerprint density at radius 3 is 2.89 bits per heavy atom. The maximum Gasteiger partial charge on any atom is 0.118 e. The van der Waals surface area contributed by atoms with Crippen LogP contribution in [0.1, 0.15) is 31.7 Å². The normalized spacial score (nSPS) is 17.3. The SMILES string of the molecule is CC(=NOCCCN1CCCC1)c1cnn(C)c1. The first-order valence-electron chi connectivity index (χ1n) is 6.63. The van der Waals surface area contributed by atoms with E-state index in [0.29, 0.717) is 6.61 Å². The Labute approximate surface area is 108 Å². The van der Waals surface area contributed by atoms with Crippen LogP contribution in [0.4, 0.5) is 0 Å². The molecular weight excluding hydrogens is 228 g/mol. The first-order valence-corrected chi connectivity index (χ1v) is 6.63. The summed E-state index contributed by atoms with van der Waals surface area (Å²) in [6.07, 6.45) is 7.47. The highest BCUT2D eigenvalue weighted by Crippen LogP contribution is 2.07. The van der Waals surface area contributed by atoms with Crippen LogP contribution in [0.15, 0.2) is 17.5 Å². The van der Waals surface area contributed by atoms with E-state index in [1.165, 1.54) is 25.9 Å². The van der Waals surface area contributed by atoms with Gasteiger partial charge in [0.15, 0.2) is 0 Å². The van der Waals surface area contributed by atoms with E-state index < -0.39 is 0 Å². The highest BCUT2D eigenvalue weighted by atomic mass is 16.6. The van der Waals surface area contributed by atoms with Crippen molar-refractivity contribution in [2.24, 2.45) is 12.2 Å². The highest BCUT2D eigenvalue weighted by Gasteiger charge is 2.10. The summed E-state index contributed by atoms with van der Waals surface area (Å²) in [7, 11) is 1.90. The number of hydrogen-bond donors (Lipinski definition) is 0. The molecule has 0 aliphatic carbocycles. The molecule has 5 heteroatoms. The molecule has 100 valence electrons. The van der Waals surface area contributed by atoms with Gasteiger partial charge in [-0.05, 0) is 39.3 Å². The number of aromatic nitrogens is 2. The van der Waals surface area contributed by atoms with Crippen LogP contribution in [0.5, 0.6) is 0 Å². The minimum Gasteiger partial charge on any atom is -0.396 e. The van der Waals surface area contributed by atoms with Crippen molar-refractivity contribution in [3.63, 3.8) is 0 Å². The number of rotatable bonds is 6. The smallest absolute Gasteiger partial charge is 0.118 e. The third-order valence-electron chi connectivity index (χ3n) is 3.23. The highest BCUT2D eigenvalue weighted by molar-refractivity contribution is 5.97. The second-order valence-electron chi connectivity index (χ2n) is 4.81. The molecule has 2 heterocycles. The summed E-state index contributed by atoms with van der Waals surface area (Å²) >= 11 is 0. The van der Waals surface area contributed by atoms with Gasteiger partial charge in [-0.1, -0.05) is 5.16 Å². The standard InChI is InChI=1S/C13H22N4O/c1-12(13-10-14-16(2)11-13)15-18-9-5-8-17-6-3-4-7-17/h10-11H,3-9H2,1-2H3. The van der Waals surface area contributed by atoms with Gasteiger partial charge in [0, 0.05) is 25.4 Å². The molecule has 0 bridgehead atoms. The van der Waals surface area contributed by atoms with Gasteiger partial charge in [0.1, 0.15) is 6.61 Å². The maximum atomic E-state index is 5.34. The minimum atomic E-state index is 0.689. The lowest BCUT2D eigenvalue weighted by Gasteiger charge is -2.13. The van der Waals surface area contributed by atoms with Crippen LogP contribution >= 0.6 is 0 Å². The molecule has 0 unspecified atom stereocenters. The number of nitrogens with zero attached hydrogens (tertiary/aromatic N) is 4. The summed E-state index contributed by atoms with van der Waals surface area (Å²) in [6.45, 7) is 6.25. The Kier molecular flexibility index (Phi) is 4.75. The van der Waals surface area contributed by atoms with Gasteiger partial charge in [0.25, 0.3) is 0 Å². The fourth-order valence-corrected chi connectivity index (χ4v) is 2.16. The van der Waals surface area contributed by atoms with E-state index in [2.05, 4.69) is 15.2 Å². The first-order chi connectivity index (χ1) is 8.75. The maximum absolute atomic E-state index is 5.34. The molecule has 1 aliphatic rings. The molecule has 0 amide bonds. The Balaban J connectivity index is 1.64. The topological polar surface area (TPSA) is 42.6 Å². The summed E-state index contributed by atoms with van der Waals surface area (Å²) in [4.78, 5) is 7.83. The zero-order valence-electron chi connectivity index (χ0n) is 11.3. The Hall–Kier alpha value is -1.36. The van der Waals surface area contributed by atoms with Crippen molar-refractivity contribution in [3.05, 3.63) is 18.0 Å². The van der Waals surface area contributed by atoms with E-state index in [1.807, 2.05) is 20.2 Å². The van der Waals surface area contributed by atoms with Gasteiger partial charge < -0.3 is 9.74 Å². The van der Waals surface area contributed by atoms with Crippen molar-refractivity contribution in [1.82, 2.24) is 14.7 Å². The van der Waals surface area contributed by atoms with Gasteiger partial charge in [-0.25, -0.2) is 0 Å². The summed E-state index contributed by atoms with van der Waals surface area (Å²) in [5.41, 5.74) is 1.89. The van der Waals surface area contributed by atoms with Gasteiger partial charge in [-0.3, -0.25) is 4.68 Å². The molecule has 0 atom stereocenters. The first kappa shape index (κ1) is 13.1. The van der Waals surface area contributed by atoms with E-state index in [4.69, 9.17) is 4.84 Å². The Bertz CT molecular complexity index is 393. The Morgan fingerprint density at radius 1 is 1.44 bits per heavy atom. The molecule has 1 aliphatic heterocycles. The molecular formula is C13H22N4O. The molecule has 2 rings (SSSR count). The predicted octanol–water partition coefficient (Wildman–Crippen LogP) is 1.65. The molecule has 0 aromatic carbocycles. The molecule has 0 saturated carbocycles. The number of oxime groups is 1. The second kappa shape index (κ2) is 6.54. The summed E-state index contributed by atoms with van der Waals surface area (Å²) < 4.78 is 1.77. The van der Waals surface area contributed by atoms with Crippen molar-refractivity contribution < 1.29 is 4.84 Å². The van der Waals surface area contributed by atoms with Crippen LogP contribution < -0.4 is 0 Å². The fourth-order valence-electron chi connectivity index (χ4n) is 2.16. The molecule has 1 aromatic heterocycles. The lowest BCUT2D eigenvalue weighted by molar-refractivity contribution is 0.132. The molecule has 1 fully saturated rings. The van der Waals surface area contributed by atoms with Gasteiger partial charge in [-0.2, -0.15) is 5.10 Å². The van der Waals surface area contributed by atoms with Crippen molar-refractivity contribution in [2.75, 3.05) is 26.2 Å². The second-order valence-corrected chi connectivity index (χ2v) is 4.81. The largest absolute Gasteiger partial charge is 0.396 e. The molecule has 18 heavy (non-hydrogen) atoms. The van der Waals surface area contributed by atoms with Crippen LogP contribution in [0, 0.1) is 0 Å². The van der Waals surface area contributed by atoms with E-state index in [0.717, 1.165) is 24.2 Å². The average Bonchev–Trinajstić information content (AvgIpc) is 2.99. The molecule has 1 aromatic rings. The zero-order chi connectivity index (χ0) is 12.8. The van der Waals surface area contributed by atoms with Gasteiger partial charge in [0.05, 0.1) is 11.9 Å². The lowest BCUT2D eigenvalue weighted by atomic mass is 10.2. The molecule has 0 radical (unpaired) electrons. The zero-order valence-corrected chi connectivity index (χ0v) is 11.3. The van der Waals surface area contributed by atoms with Crippen molar-refractivity contribution in [1.29, 1.82) is 0 Å². The molecule has 1 saturated heterocycles. The Morgan fingerprint density at radius 2 is 2.22 bits per heavy atom. The van der Waals surface area contributed by atoms with E-state index in [9.17, 15) is 0 Å². The summed E-state index contributed by atoms with van der Waals surface area (Å²) in [5, 5.41) is 8.22. The fraction of sp³-hybridized carbons (Fsp3) is 0.692. The molecule has 5 nitrogen and oxygen atoms in total. The average molecular weight is 250 g/mol. The third-order valence-corrected chi connectivity index (χ3v) is 3.23. The predicted molar refractivity (Wildman–Crippen MR) is 71.7 cm³/mol. The monoisotopic (exact) mass is 250 g/mol.